The van der Waals surface area contributed by atoms with Crippen molar-refractivity contribution in [3.63, 3.8) is 0 Å². The number of benzene rings is 2. The summed E-state index contributed by atoms with van der Waals surface area (Å²) in [7, 11) is 0. The Morgan fingerprint density at radius 1 is 0.812 bits per heavy atom. The molecule has 0 fully saturated rings. The van der Waals surface area contributed by atoms with E-state index >= 15 is 0 Å². The Labute approximate surface area is 92.5 Å². The summed E-state index contributed by atoms with van der Waals surface area (Å²) in [4.78, 5) is 0. The number of rotatable bonds is 0. The molecule has 0 spiro atoms. The minimum Gasteiger partial charge on any atom is -0.207 e. The maximum absolute atomic E-state index is 13.2. The van der Waals surface area contributed by atoms with Crippen LogP contribution in [0.25, 0.3) is 0 Å². The lowest BCUT2D eigenvalue weighted by Gasteiger charge is -1.93. The summed E-state index contributed by atoms with van der Waals surface area (Å²) < 4.78 is 25.8. The van der Waals surface area contributed by atoms with Gasteiger partial charge in [0.25, 0.3) is 0 Å². The minimum absolute atomic E-state index is 0.199. The Bertz CT molecular complexity index is 548. The van der Waals surface area contributed by atoms with Crippen LogP contribution in [0.5, 0.6) is 0 Å². The minimum atomic E-state index is -0.636. The van der Waals surface area contributed by atoms with E-state index in [4.69, 9.17) is 0 Å². The van der Waals surface area contributed by atoms with Gasteiger partial charge in [-0.15, -0.1) is 0 Å². The lowest BCUT2D eigenvalue weighted by molar-refractivity contribution is 0.581. The van der Waals surface area contributed by atoms with Gasteiger partial charge in [0.1, 0.15) is 11.6 Å². The van der Waals surface area contributed by atoms with Gasteiger partial charge in [0.2, 0.25) is 0 Å². The molecule has 0 saturated heterocycles. The van der Waals surface area contributed by atoms with E-state index in [1.54, 1.807) is 0 Å². The molecule has 0 amide bonds. The smallest absolute Gasteiger partial charge is 0.141 e. The van der Waals surface area contributed by atoms with Gasteiger partial charge in [-0.3, -0.25) is 0 Å². The van der Waals surface area contributed by atoms with Crippen molar-refractivity contribution in [1.29, 1.82) is 0 Å². The zero-order valence-corrected chi connectivity index (χ0v) is 8.37. The summed E-state index contributed by atoms with van der Waals surface area (Å²) >= 11 is 0. The normalized spacial score (nSPS) is 9.38. The molecule has 2 aromatic rings. The van der Waals surface area contributed by atoms with Crippen LogP contribution in [0.1, 0.15) is 11.1 Å². The van der Waals surface area contributed by atoms with Crippen molar-refractivity contribution in [1.82, 2.24) is 0 Å². The molecule has 0 heterocycles. The first kappa shape index (κ1) is 10.4. The zero-order valence-electron chi connectivity index (χ0n) is 8.37. The molecule has 78 valence electrons. The molecule has 0 saturated carbocycles. The molecule has 16 heavy (non-hydrogen) atoms. The van der Waals surface area contributed by atoms with Crippen LogP contribution >= 0.6 is 0 Å². The highest BCUT2D eigenvalue weighted by Crippen LogP contribution is 2.08. The number of hydrogen-bond donors (Lipinski definition) is 0. The molecule has 0 nitrogen and oxygen atoms in total. The Hall–Kier alpha value is -2.14. The largest absolute Gasteiger partial charge is 0.207 e. The van der Waals surface area contributed by atoms with Gasteiger partial charge in [0.05, 0.1) is 5.56 Å². The van der Waals surface area contributed by atoms with Crippen LogP contribution in [0.15, 0.2) is 48.5 Å². The molecule has 0 radical (unpaired) electrons. The van der Waals surface area contributed by atoms with E-state index in [1.807, 2.05) is 30.3 Å². The van der Waals surface area contributed by atoms with Gasteiger partial charge >= 0.3 is 0 Å². The van der Waals surface area contributed by atoms with E-state index in [0.29, 0.717) is 0 Å². The topological polar surface area (TPSA) is 0 Å². The molecule has 0 aliphatic rings. The molecule has 2 heteroatoms. The van der Waals surface area contributed by atoms with E-state index in [0.717, 1.165) is 11.6 Å². The Kier molecular flexibility index (Phi) is 2.98. The summed E-state index contributed by atoms with van der Waals surface area (Å²) in [5.41, 5.74) is 0.997. The fraction of sp³-hybridized carbons (Fsp3) is 0. The van der Waals surface area contributed by atoms with Gasteiger partial charge in [0.15, 0.2) is 0 Å². The second-order valence-corrected chi connectivity index (χ2v) is 3.24. The Balaban J connectivity index is 2.31. The van der Waals surface area contributed by atoms with Gasteiger partial charge in [-0.1, -0.05) is 30.0 Å². The van der Waals surface area contributed by atoms with Crippen LogP contribution in [0.2, 0.25) is 0 Å². The molecule has 2 rings (SSSR count). The van der Waals surface area contributed by atoms with Crippen LogP contribution in [0.3, 0.4) is 0 Å². The Morgan fingerprint density at radius 2 is 1.56 bits per heavy atom. The van der Waals surface area contributed by atoms with Crippen LogP contribution in [0, 0.1) is 23.5 Å². The average molecular weight is 214 g/mol. The second kappa shape index (κ2) is 4.59. The van der Waals surface area contributed by atoms with E-state index in [9.17, 15) is 8.78 Å². The van der Waals surface area contributed by atoms with Crippen LogP contribution in [-0.4, -0.2) is 0 Å². The molecule has 0 bridgehead atoms. The van der Waals surface area contributed by atoms with Crippen molar-refractivity contribution in [2.45, 2.75) is 0 Å². The van der Waals surface area contributed by atoms with Crippen molar-refractivity contribution in [3.05, 3.63) is 71.3 Å². The van der Waals surface area contributed by atoms with Gasteiger partial charge < -0.3 is 0 Å². The predicted octanol–water partition coefficient (Wildman–Crippen LogP) is 3.36. The van der Waals surface area contributed by atoms with E-state index in [-0.39, 0.29) is 5.56 Å². The third-order valence-corrected chi connectivity index (χ3v) is 2.05. The first-order chi connectivity index (χ1) is 7.75. The standard InChI is InChI=1S/C14H8F2/c15-13-9-8-12(14(16)10-13)7-6-11-4-2-1-3-5-11/h1-5,8-10H. The van der Waals surface area contributed by atoms with Crippen LogP contribution in [0.4, 0.5) is 8.78 Å². The second-order valence-electron chi connectivity index (χ2n) is 3.24. The fourth-order valence-electron chi connectivity index (χ4n) is 1.25. The molecular weight excluding hydrogens is 206 g/mol. The third kappa shape index (κ3) is 2.46. The first-order valence-corrected chi connectivity index (χ1v) is 4.78. The van der Waals surface area contributed by atoms with Crippen LogP contribution < -0.4 is 0 Å². The fourth-order valence-corrected chi connectivity index (χ4v) is 1.25. The van der Waals surface area contributed by atoms with Gasteiger partial charge in [-0.2, -0.15) is 0 Å². The average Bonchev–Trinajstić information content (AvgIpc) is 2.29. The maximum atomic E-state index is 13.2. The summed E-state index contributed by atoms with van der Waals surface area (Å²) in [6, 6.07) is 12.6. The molecule has 2 aromatic carbocycles. The van der Waals surface area contributed by atoms with E-state index in [2.05, 4.69) is 11.8 Å². The molecule has 0 atom stereocenters. The highest BCUT2D eigenvalue weighted by Gasteiger charge is 1.99. The van der Waals surface area contributed by atoms with Crippen molar-refractivity contribution < 1.29 is 8.78 Å². The lowest BCUT2D eigenvalue weighted by Crippen LogP contribution is -1.85. The molecular formula is C14H8F2. The van der Waals surface area contributed by atoms with Crippen molar-refractivity contribution in [2.75, 3.05) is 0 Å². The SMILES string of the molecule is Fc1ccc(C#Cc2ccccc2)c(F)c1. The summed E-state index contributed by atoms with van der Waals surface area (Å²) in [5.74, 6) is 4.24. The van der Waals surface area contributed by atoms with Gasteiger partial charge in [-0.25, -0.2) is 8.78 Å². The van der Waals surface area contributed by atoms with Gasteiger partial charge in [0, 0.05) is 11.6 Å². The molecule has 0 unspecified atom stereocenters. The zero-order chi connectivity index (χ0) is 11.4. The maximum Gasteiger partial charge on any atom is 0.141 e. The Morgan fingerprint density at radius 3 is 2.25 bits per heavy atom. The highest BCUT2D eigenvalue weighted by molar-refractivity contribution is 5.43. The third-order valence-electron chi connectivity index (χ3n) is 2.05. The summed E-state index contributed by atoms with van der Waals surface area (Å²) in [6.07, 6.45) is 0. The summed E-state index contributed by atoms with van der Waals surface area (Å²) in [6.45, 7) is 0. The van der Waals surface area contributed by atoms with E-state index in [1.165, 1.54) is 12.1 Å². The first-order valence-electron chi connectivity index (χ1n) is 4.78. The lowest BCUT2D eigenvalue weighted by atomic mass is 10.2. The van der Waals surface area contributed by atoms with Crippen molar-refractivity contribution in [3.8, 4) is 11.8 Å². The quantitative estimate of drug-likeness (QED) is 0.590. The molecule has 0 aliphatic heterocycles. The van der Waals surface area contributed by atoms with E-state index < -0.39 is 11.6 Å². The van der Waals surface area contributed by atoms with Crippen LogP contribution in [-0.2, 0) is 0 Å². The van der Waals surface area contributed by atoms with Crippen molar-refractivity contribution in [2.24, 2.45) is 0 Å². The van der Waals surface area contributed by atoms with Crippen molar-refractivity contribution >= 4 is 0 Å². The van der Waals surface area contributed by atoms with Gasteiger partial charge in [-0.05, 0) is 24.3 Å². The summed E-state index contributed by atoms with van der Waals surface area (Å²) in [5, 5.41) is 0. The molecule has 0 aliphatic carbocycles. The number of halogens is 2. The molecule has 0 N–H and O–H groups in total. The highest BCUT2D eigenvalue weighted by atomic mass is 19.1. The monoisotopic (exact) mass is 214 g/mol. The number of hydrogen-bond acceptors (Lipinski definition) is 0. The predicted molar refractivity (Wildman–Crippen MR) is 58.8 cm³/mol. The molecule has 0 aromatic heterocycles.